The van der Waals surface area contributed by atoms with Gasteiger partial charge in [0.25, 0.3) is 0 Å². The Hall–Kier alpha value is -5.24. The number of aliphatic carboxylic acids is 2. The number of hydrogen-bond donors (Lipinski definition) is 23. The van der Waals surface area contributed by atoms with Crippen LogP contribution >= 0.6 is 34.9 Å². The number of benzene rings is 1. The molecule has 44 atom stereocenters. The number of thiazole rings is 1. The van der Waals surface area contributed by atoms with Crippen LogP contribution in [0, 0.1) is 36.0 Å². The molecule has 838 valence electrons. The van der Waals surface area contributed by atoms with Crippen LogP contribution in [0.4, 0.5) is 0 Å². The standard InChI is InChI=1S/C58H94O41S2.C36H52N2O7S/c1-3-19(50(80)81)14-100-16-26-48-34(71)41(78)57(91-26)96-46-24(12-62)87-53(37(74)30(46)67)93-43-21(9-59)86-52(36(73)29(43)66)94-44-23(11-61)90-56(40(77)33(44)70)99-49-27(17-101-15-20(51(82)83)8-28(65)85-7-6-84-5-4-18(2)64)92-58(42(79)35(49)72)97-47-25(13-63)88-54(38(75)31(47)68)95-45-22(10-60)89-55(98-48)39(76)32(45)69;1-7-12-25-33(41)22(2)13-11-17-36(6)30(45-36)20-27(24-15-16-28-26(19-24)38-23(3)46-28)43-32(40)21-29(35(4,5)34(25)42)44-31(39)14-9-8-10-18-37/h19-27,29-49,52-63,66-79H,3-17H2,1-2H3,(H,80,81)(H,82,83);7,15-16,19,22,25,27,29-30,33,41H,1,8-14,17-18,20-21,37H2,2-6H3/t19?,20?,21?,22?,23?,24?,25?,26?,27?,29-,30-,31-,32-,33-,34-,35-,36?,37?,38?,39?,40?,41?,42?,43-,44-,45-,46-,47-,48-,49-,52-,53-,54-,55-,56-,57-,58-;22-,25+,27-,29-,30-,33-,36+/m10/s1. The molecule has 53 heteroatoms. The van der Waals surface area contributed by atoms with Crippen molar-refractivity contribution in [2.45, 2.75) is 377 Å². The molecule has 23 aliphatic rings. The highest BCUT2D eigenvalue weighted by Gasteiger charge is 2.62. The van der Waals surface area contributed by atoms with Crippen molar-refractivity contribution in [1.29, 1.82) is 0 Å². The number of unbranched alkanes of at least 4 members (excludes halogenated alkanes) is 2. The molecular formula is C94H146N2O48S3. The number of carboxylic acid groups (broad SMARTS) is 2. The monoisotopic (exact) mass is 2170 g/mol. The number of cyclic esters (lactones) is 1. The summed E-state index contributed by atoms with van der Waals surface area (Å²) in [6.07, 6.45) is -69.0. The zero-order valence-electron chi connectivity index (χ0n) is 82.4. The Kier molecular flexibility index (Phi) is 46.4. The summed E-state index contributed by atoms with van der Waals surface area (Å²) < 4.78 is 112. The van der Waals surface area contributed by atoms with Crippen molar-refractivity contribution in [1.82, 2.24) is 4.98 Å². The highest BCUT2D eigenvalue weighted by atomic mass is 32.2. The van der Waals surface area contributed by atoms with Gasteiger partial charge in [-0.15, -0.1) is 17.9 Å². The summed E-state index contributed by atoms with van der Waals surface area (Å²) in [6.45, 7) is 10.8. The molecule has 2 aromatic rings. The van der Waals surface area contributed by atoms with Gasteiger partial charge in [0.2, 0.25) is 0 Å². The second kappa shape index (κ2) is 55.9. The van der Waals surface area contributed by atoms with E-state index in [1.54, 1.807) is 38.2 Å². The van der Waals surface area contributed by atoms with E-state index < -0.39 is 337 Å². The third kappa shape index (κ3) is 30.6. The number of nitrogens with two attached hydrogens (primary N) is 1. The third-order valence-electron chi connectivity index (χ3n) is 28.2. The number of thioether (sulfide) groups is 2. The summed E-state index contributed by atoms with van der Waals surface area (Å²) in [4.78, 5) is 94.2. The Balaban J connectivity index is 0.000000371. The molecule has 24 N–H and O–H groups in total. The van der Waals surface area contributed by atoms with Crippen LogP contribution in [-0.4, -0.2) is 480 Å². The van der Waals surface area contributed by atoms with Crippen molar-refractivity contribution in [3.63, 3.8) is 0 Å². The van der Waals surface area contributed by atoms with Crippen LogP contribution < -0.4 is 5.73 Å². The summed E-state index contributed by atoms with van der Waals surface area (Å²) in [7, 11) is 0. The SMILES string of the molecule is C=CC[C@H]1C(=O)C(C)(C)[C@@H](OC(=O)CCCCCN)CC(=O)O[C@H](c2ccc3sc(C)nc3c2)C[C@@H]2O[C@]2(C)CCC[C@H](C)[C@@H]1O.CCC(CSCC1O[C@@H]2O[C@@H]3C(CO)O[C@H](O[C@@H]4C(CO)O[C@H](O[C@@H]5C(CO)O[C@H](O[C@@H]6C(CSCC(CC(=O)OCCOCCC(C)=O)C(=O)O)O[C@H](O[C@@H]7C(CO)O[C@H](O[C@@H]8C(CO)O[C@H](O[C@H]1[C@H](O)C2O)C(O)[C@H]8O)C(O)[C@H]7O)C(O)[C@H]6O)C(O)[C@H]5O)C(O)[C@H]4O)C(O)[C@H]3O)C(=O)O. The van der Waals surface area contributed by atoms with Crippen molar-refractivity contribution < 1.29 is 236 Å². The molecule has 23 aliphatic heterocycles. The summed E-state index contributed by atoms with van der Waals surface area (Å²) >= 11 is 3.29. The molecule has 0 amide bonds. The molecule has 14 bridgehead atoms. The highest BCUT2D eigenvalue weighted by Crippen LogP contribution is 2.49. The number of aliphatic hydroxyl groups is 20. The lowest BCUT2D eigenvalue weighted by atomic mass is 9.71. The molecular weight excluding hydrogens is 2020 g/mol. The second-order valence-corrected chi connectivity index (χ2v) is 42.7. The van der Waals surface area contributed by atoms with Crippen LogP contribution in [0.5, 0.6) is 0 Å². The number of hydrogen-bond acceptors (Lipinski definition) is 51. The van der Waals surface area contributed by atoms with Crippen molar-refractivity contribution in [3.05, 3.63) is 41.4 Å². The Morgan fingerprint density at radius 1 is 0.537 bits per heavy atom. The zero-order valence-corrected chi connectivity index (χ0v) is 84.9. The molecule has 0 saturated carbocycles. The van der Waals surface area contributed by atoms with E-state index in [1.807, 2.05) is 32.0 Å². The van der Waals surface area contributed by atoms with Crippen molar-refractivity contribution in [2.24, 2.45) is 34.8 Å². The van der Waals surface area contributed by atoms with E-state index in [4.69, 9.17) is 95.7 Å². The van der Waals surface area contributed by atoms with Crippen LogP contribution in [0.15, 0.2) is 30.9 Å². The van der Waals surface area contributed by atoms with Crippen LogP contribution in [0.1, 0.15) is 142 Å². The van der Waals surface area contributed by atoms with E-state index in [-0.39, 0.29) is 92.6 Å². The Morgan fingerprint density at radius 2 is 0.946 bits per heavy atom. The van der Waals surface area contributed by atoms with E-state index in [1.165, 1.54) is 6.92 Å². The number of carboxylic acids is 2. The molecule has 0 radical (unpaired) electrons. The van der Waals surface area contributed by atoms with Gasteiger partial charge in [0.1, 0.15) is 189 Å². The zero-order chi connectivity index (χ0) is 108. The number of carbonyl (C=O) groups excluding carboxylic acids is 5. The first kappa shape index (κ1) is 122. The number of carbonyl (C=O) groups is 7. The molecule has 1 aromatic carbocycles. The fraction of sp³-hybridized carbons (Fsp3) is 0.830. The normalized spacial score (nSPS) is 40.9. The number of allylic oxidation sites excluding steroid dienone is 1. The average Bonchev–Trinajstić information content (AvgIpc) is 1.74. The number of aromatic nitrogens is 1. The summed E-state index contributed by atoms with van der Waals surface area (Å²) in [5, 5.41) is 249. The molecule has 0 aliphatic carbocycles. The number of fused-ring (bicyclic) bond motifs is 2. The van der Waals surface area contributed by atoms with Gasteiger partial charge in [0.15, 0.2) is 44.0 Å². The maximum atomic E-state index is 14.2. The van der Waals surface area contributed by atoms with E-state index >= 15 is 0 Å². The largest absolute Gasteiger partial charge is 0.481 e. The minimum absolute atomic E-state index is 0.0382. The predicted molar refractivity (Wildman–Crippen MR) is 502 cm³/mol. The van der Waals surface area contributed by atoms with E-state index in [2.05, 4.69) is 18.5 Å². The minimum atomic E-state index is -2.32. The van der Waals surface area contributed by atoms with Gasteiger partial charge in [-0.1, -0.05) is 38.8 Å². The number of epoxide rings is 1. The predicted octanol–water partition coefficient (Wildman–Crippen LogP) is -5.48. The lowest BCUT2D eigenvalue weighted by Gasteiger charge is -2.50. The van der Waals surface area contributed by atoms with Crippen molar-refractivity contribution in [2.75, 3.05) is 82.4 Å². The molecule has 147 heavy (non-hydrogen) atoms. The number of aryl methyl sites for hydroxylation is 1. The molecule has 25 rings (SSSR count). The first-order valence-corrected chi connectivity index (χ1v) is 52.5. The summed E-state index contributed by atoms with van der Waals surface area (Å²) in [6, 6.07) is 5.92. The lowest BCUT2D eigenvalue weighted by Crippen LogP contribution is -2.68. The molecule has 1 aromatic heterocycles. The van der Waals surface area contributed by atoms with Gasteiger partial charge in [0, 0.05) is 48.2 Å². The molecule has 0 spiro atoms. The molecule has 24 heterocycles. The van der Waals surface area contributed by atoms with E-state index in [0.29, 0.717) is 25.8 Å². The number of esters is 3. The van der Waals surface area contributed by atoms with Crippen LogP contribution in [0.3, 0.4) is 0 Å². The number of aliphatic hydroxyl groups excluding tert-OH is 20. The molecule has 23 fully saturated rings. The van der Waals surface area contributed by atoms with Crippen molar-refractivity contribution in [3.8, 4) is 0 Å². The fourth-order valence-corrected chi connectivity index (χ4v) is 22.4. The number of Topliss-reactive ketones (excluding diaryl/α,β-unsaturated/α-hetero) is 2. The van der Waals surface area contributed by atoms with Gasteiger partial charge in [-0.25, -0.2) is 4.98 Å². The van der Waals surface area contributed by atoms with Crippen LogP contribution in [0.2, 0.25) is 0 Å². The molecule has 50 nitrogen and oxygen atoms in total. The quantitative estimate of drug-likeness (QED) is 0.0104. The van der Waals surface area contributed by atoms with E-state index in [0.717, 1.165) is 70.0 Å². The number of ketones is 2. The van der Waals surface area contributed by atoms with Crippen LogP contribution in [0.25, 0.3) is 10.2 Å². The number of rotatable bonds is 33. The van der Waals surface area contributed by atoms with Crippen LogP contribution in [-0.2, 0) is 124 Å². The third-order valence-corrected chi connectivity index (χ3v) is 31.5. The average molecular weight is 2170 g/mol. The summed E-state index contributed by atoms with van der Waals surface area (Å²) in [5.74, 6) is -9.78. The van der Waals surface area contributed by atoms with Gasteiger partial charge in [0.05, 0.1) is 122 Å². The van der Waals surface area contributed by atoms with Gasteiger partial charge < -0.3 is 208 Å². The minimum Gasteiger partial charge on any atom is -0.481 e. The first-order valence-electron chi connectivity index (χ1n) is 49.4. The fourth-order valence-electron chi connectivity index (χ4n) is 19.1. The topological polar surface area (TPSA) is 782 Å². The molecule has 23 saturated heterocycles. The Morgan fingerprint density at radius 3 is 1.33 bits per heavy atom. The Bertz CT molecular complexity index is 4490. The van der Waals surface area contributed by atoms with Gasteiger partial charge in [-0.05, 0) is 103 Å². The Labute approximate surface area is 858 Å². The van der Waals surface area contributed by atoms with E-state index in [9.17, 15) is 146 Å². The van der Waals surface area contributed by atoms with Crippen molar-refractivity contribution >= 4 is 86.5 Å². The number of nitrogens with zero attached hydrogens (tertiary/aromatic N) is 1. The van der Waals surface area contributed by atoms with Gasteiger partial charge in [-0.3, -0.25) is 33.6 Å². The summed E-state index contributed by atoms with van der Waals surface area (Å²) in [5.41, 5.74) is 5.60. The molecule has 16 unspecified atom stereocenters. The maximum absolute atomic E-state index is 14.2. The maximum Gasteiger partial charge on any atom is 0.310 e. The number of ether oxygens (including phenoxy) is 19. The smallest absolute Gasteiger partial charge is 0.310 e. The van der Waals surface area contributed by atoms with Gasteiger partial charge in [-0.2, -0.15) is 23.5 Å². The second-order valence-electron chi connectivity index (χ2n) is 39.3. The lowest BCUT2D eigenvalue weighted by molar-refractivity contribution is -0.395. The van der Waals surface area contributed by atoms with Gasteiger partial charge >= 0.3 is 29.8 Å². The highest BCUT2D eigenvalue weighted by molar-refractivity contribution is 7.99. The first-order chi connectivity index (χ1) is 69.8.